The Morgan fingerprint density at radius 1 is 1.12 bits per heavy atom. The summed E-state index contributed by atoms with van der Waals surface area (Å²) in [6, 6.07) is 11.1. The number of nitrogens with zero attached hydrogens (tertiary/aromatic N) is 1. The zero-order chi connectivity index (χ0) is 17.9. The van der Waals surface area contributed by atoms with Crippen LogP contribution in [0.15, 0.2) is 41.5 Å². The molecule has 0 fully saturated rings. The number of rotatable bonds is 3. The average Bonchev–Trinajstić information content (AvgIpc) is 2.51. The summed E-state index contributed by atoms with van der Waals surface area (Å²) in [7, 11) is 0. The molecule has 0 heterocycles. The van der Waals surface area contributed by atoms with Gasteiger partial charge < -0.3 is 5.11 Å². The van der Waals surface area contributed by atoms with Crippen molar-refractivity contribution >= 4 is 57.3 Å². The van der Waals surface area contributed by atoms with Gasteiger partial charge in [-0.2, -0.15) is 5.10 Å². The number of halogens is 2. The molecule has 0 saturated heterocycles. The fourth-order valence-electron chi connectivity index (χ4n) is 2.01. The van der Waals surface area contributed by atoms with Crippen LogP contribution < -0.4 is 5.43 Å². The van der Waals surface area contributed by atoms with Gasteiger partial charge >= 0.3 is 0 Å². The van der Waals surface area contributed by atoms with Gasteiger partial charge in [-0.05, 0) is 86.0 Å². The Morgan fingerprint density at radius 2 is 1.67 bits per heavy atom. The van der Waals surface area contributed by atoms with Crippen LogP contribution >= 0.6 is 45.2 Å². The number of carbonyl (C=O) groups excluding carboxylic acids is 1. The van der Waals surface area contributed by atoms with E-state index in [0.717, 1.165) is 12.7 Å². The van der Waals surface area contributed by atoms with E-state index in [4.69, 9.17) is 0 Å². The Labute approximate surface area is 169 Å². The quantitative estimate of drug-likeness (QED) is 0.333. The minimum absolute atomic E-state index is 0.0559. The lowest BCUT2D eigenvalue weighted by Gasteiger charge is -2.18. The maximum atomic E-state index is 12.1. The molecule has 2 N–H and O–H groups in total. The molecule has 6 heteroatoms. The number of amides is 1. The number of benzene rings is 2. The second-order valence-corrected chi connectivity index (χ2v) is 8.68. The summed E-state index contributed by atoms with van der Waals surface area (Å²) >= 11 is 4.11. The molecule has 2 rings (SSSR count). The molecule has 126 valence electrons. The van der Waals surface area contributed by atoms with E-state index in [1.54, 1.807) is 30.5 Å². The summed E-state index contributed by atoms with van der Waals surface area (Å²) in [6.45, 7) is 6.40. The normalized spacial score (nSPS) is 11.7. The number of aromatic hydroxyl groups is 1. The smallest absolute Gasteiger partial charge is 0.271 e. The van der Waals surface area contributed by atoms with Crippen LogP contribution in [0.3, 0.4) is 0 Å². The fourth-order valence-corrected chi connectivity index (χ4v) is 3.83. The molecule has 24 heavy (non-hydrogen) atoms. The van der Waals surface area contributed by atoms with Crippen molar-refractivity contribution in [1.29, 1.82) is 0 Å². The van der Waals surface area contributed by atoms with Crippen LogP contribution in [0.5, 0.6) is 5.75 Å². The molecule has 1 amide bonds. The standard InChI is InChI=1S/C18H18I2N2O2/c1-18(2,3)13-6-4-12(5-7-13)17(24)22-21-10-11-8-14(19)16(23)15(20)9-11/h4-10,23H,1-3H3,(H,22,24)/b21-10-. The van der Waals surface area contributed by atoms with Crippen LogP contribution in [0.2, 0.25) is 0 Å². The highest BCUT2D eigenvalue weighted by Crippen LogP contribution is 2.26. The van der Waals surface area contributed by atoms with E-state index >= 15 is 0 Å². The highest BCUT2D eigenvalue weighted by Gasteiger charge is 2.14. The highest BCUT2D eigenvalue weighted by atomic mass is 127. The number of carbonyl (C=O) groups is 1. The van der Waals surface area contributed by atoms with Gasteiger partial charge in [0, 0.05) is 5.56 Å². The first-order valence-corrected chi connectivity index (χ1v) is 9.46. The van der Waals surface area contributed by atoms with Crippen LogP contribution in [-0.4, -0.2) is 17.2 Å². The van der Waals surface area contributed by atoms with Gasteiger partial charge in [0.05, 0.1) is 13.4 Å². The second kappa shape index (κ2) is 7.81. The molecule has 0 atom stereocenters. The van der Waals surface area contributed by atoms with E-state index in [1.165, 1.54) is 5.56 Å². The van der Waals surface area contributed by atoms with Crippen molar-refractivity contribution in [2.45, 2.75) is 26.2 Å². The van der Waals surface area contributed by atoms with Gasteiger partial charge in [0.15, 0.2) is 0 Å². The number of hydrogen-bond acceptors (Lipinski definition) is 3. The molecule has 0 saturated carbocycles. The summed E-state index contributed by atoms with van der Waals surface area (Å²) in [5, 5.41) is 13.7. The third-order valence-corrected chi connectivity index (χ3v) is 5.08. The predicted octanol–water partition coefficient (Wildman–Crippen LogP) is 4.66. The summed E-state index contributed by atoms with van der Waals surface area (Å²) in [5.74, 6) is 0.00575. The summed E-state index contributed by atoms with van der Waals surface area (Å²) in [6.07, 6.45) is 1.56. The summed E-state index contributed by atoms with van der Waals surface area (Å²) in [5.41, 5.74) is 5.13. The zero-order valence-electron chi connectivity index (χ0n) is 13.6. The Bertz CT molecular complexity index is 756. The monoisotopic (exact) mass is 548 g/mol. The molecule has 0 aliphatic carbocycles. The molecule has 0 aliphatic heterocycles. The highest BCUT2D eigenvalue weighted by molar-refractivity contribution is 14.1. The van der Waals surface area contributed by atoms with Crippen molar-refractivity contribution in [1.82, 2.24) is 5.43 Å². The topological polar surface area (TPSA) is 61.7 Å². The number of hydrogen-bond donors (Lipinski definition) is 2. The first-order chi connectivity index (χ1) is 11.2. The number of hydrazone groups is 1. The maximum Gasteiger partial charge on any atom is 0.271 e. The van der Waals surface area contributed by atoms with Crippen LogP contribution in [-0.2, 0) is 5.41 Å². The van der Waals surface area contributed by atoms with E-state index in [0.29, 0.717) is 5.56 Å². The molecule has 0 radical (unpaired) electrons. The van der Waals surface area contributed by atoms with Gasteiger partial charge in [0.25, 0.3) is 5.91 Å². The molecule has 0 aliphatic rings. The average molecular weight is 548 g/mol. The van der Waals surface area contributed by atoms with E-state index in [9.17, 15) is 9.90 Å². The Hall–Kier alpha value is -1.16. The third-order valence-electron chi connectivity index (χ3n) is 3.43. The lowest BCUT2D eigenvalue weighted by atomic mass is 9.87. The Kier molecular flexibility index (Phi) is 6.24. The van der Waals surface area contributed by atoms with Crippen molar-refractivity contribution in [3.8, 4) is 5.75 Å². The van der Waals surface area contributed by atoms with Crippen LogP contribution in [0.4, 0.5) is 0 Å². The first kappa shape index (κ1) is 19.2. The Morgan fingerprint density at radius 3 is 2.17 bits per heavy atom. The SMILES string of the molecule is CC(C)(C)c1ccc(C(=O)N/N=C\c2cc(I)c(O)c(I)c2)cc1. The first-order valence-electron chi connectivity index (χ1n) is 7.30. The van der Waals surface area contributed by atoms with E-state index < -0.39 is 0 Å². The van der Waals surface area contributed by atoms with E-state index in [2.05, 4.69) is 76.5 Å². The van der Waals surface area contributed by atoms with Gasteiger partial charge in [-0.15, -0.1) is 0 Å². The molecule has 0 spiro atoms. The van der Waals surface area contributed by atoms with Gasteiger partial charge in [-0.3, -0.25) is 4.79 Å². The number of phenolic OH excluding ortho intramolecular Hbond substituents is 1. The van der Waals surface area contributed by atoms with Crippen LogP contribution in [0.1, 0.15) is 42.3 Å². The van der Waals surface area contributed by atoms with Crippen LogP contribution in [0.25, 0.3) is 0 Å². The molecule has 2 aromatic carbocycles. The Balaban J connectivity index is 2.05. The number of nitrogens with one attached hydrogen (secondary N) is 1. The summed E-state index contributed by atoms with van der Waals surface area (Å²) in [4.78, 5) is 12.1. The third kappa shape index (κ3) is 4.92. The molecule has 2 aromatic rings. The summed E-state index contributed by atoms with van der Waals surface area (Å²) < 4.78 is 1.48. The van der Waals surface area contributed by atoms with Crippen molar-refractivity contribution < 1.29 is 9.90 Å². The molecule has 0 bridgehead atoms. The maximum absolute atomic E-state index is 12.1. The molecule has 0 unspecified atom stereocenters. The van der Waals surface area contributed by atoms with E-state index in [1.807, 2.05) is 12.1 Å². The molecule has 4 nitrogen and oxygen atoms in total. The van der Waals surface area contributed by atoms with Gasteiger partial charge in [-0.1, -0.05) is 32.9 Å². The van der Waals surface area contributed by atoms with Crippen molar-refractivity contribution in [3.05, 3.63) is 60.2 Å². The zero-order valence-corrected chi connectivity index (χ0v) is 17.9. The van der Waals surface area contributed by atoms with Crippen molar-refractivity contribution in [2.75, 3.05) is 0 Å². The predicted molar refractivity (Wildman–Crippen MR) is 114 cm³/mol. The molecule has 0 aromatic heterocycles. The van der Waals surface area contributed by atoms with E-state index in [-0.39, 0.29) is 17.1 Å². The van der Waals surface area contributed by atoms with Gasteiger partial charge in [0.2, 0.25) is 0 Å². The van der Waals surface area contributed by atoms with Crippen LogP contribution in [0, 0.1) is 7.14 Å². The van der Waals surface area contributed by atoms with Crippen molar-refractivity contribution in [3.63, 3.8) is 0 Å². The van der Waals surface area contributed by atoms with Gasteiger partial charge in [-0.25, -0.2) is 5.43 Å². The minimum Gasteiger partial charge on any atom is -0.506 e. The minimum atomic E-state index is -0.255. The van der Waals surface area contributed by atoms with Crippen molar-refractivity contribution in [2.24, 2.45) is 5.10 Å². The lowest BCUT2D eigenvalue weighted by molar-refractivity contribution is 0.0955. The lowest BCUT2D eigenvalue weighted by Crippen LogP contribution is -2.18. The fraction of sp³-hybridized carbons (Fsp3) is 0.222. The molecular formula is C18H18I2N2O2. The van der Waals surface area contributed by atoms with Gasteiger partial charge in [0.1, 0.15) is 5.75 Å². The molecular weight excluding hydrogens is 530 g/mol. The second-order valence-electron chi connectivity index (χ2n) is 6.36. The largest absolute Gasteiger partial charge is 0.506 e. The number of phenols is 1.